The van der Waals surface area contributed by atoms with Gasteiger partial charge in [-0.05, 0) is 30.8 Å². The first-order valence-corrected chi connectivity index (χ1v) is 6.10. The number of H-pyrrole nitrogens is 1. The summed E-state index contributed by atoms with van der Waals surface area (Å²) in [5.74, 6) is 0. The van der Waals surface area contributed by atoms with Gasteiger partial charge in [-0.1, -0.05) is 31.5 Å². The predicted molar refractivity (Wildman–Crippen MR) is 69.9 cm³/mol. The molecule has 0 saturated heterocycles. The number of hydrogen-bond donors (Lipinski definition) is 1. The highest BCUT2D eigenvalue weighted by molar-refractivity contribution is 6.31. The van der Waals surface area contributed by atoms with Crippen LogP contribution in [0.3, 0.4) is 0 Å². The van der Waals surface area contributed by atoms with Crippen LogP contribution in [0, 0.1) is 0 Å². The van der Waals surface area contributed by atoms with E-state index in [1.54, 1.807) is 0 Å². The van der Waals surface area contributed by atoms with E-state index in [9.17, 15) is 0 Å². The van der Waals surface area contributed by atoms with Gasteiger partial charge in [-0.25, -0.2) is 0 Å². The number of nitrogens with one attached hydrogen (secondary N) is 1. The van der Waals surface area contributed by atoms with E-state index in [1.807, 2.05) is 12.1 Å². The number of halogens is 1. The Morgan fingerprint density at radius 2 is 2.00 bits per heavy atom. The number of aromatic nitrogens is 1. The molecule has 0 atom stereocenters. The van der Waals surface area contributed by atoms with E-state index in [-0.39, 0.29) is 0 Å². The van der Waals surface area contributed by atoms with Crippen molar-refractivity contribution in [1.82, 2.24) is 9.88 Å². The second-order valence-electron chi connectivity index (χ2n) is 3.97. The quantitative estimate of drug-likeness (QED) is 0.859. The Balaban J connectivity index is 2.31. The van der Waals surface area contributed by atoms with E-state index in [0.717, 1.165) is 30.2 Å². The van der Waals surface area contributed by atoms with Crippen LogP contribution in [-0.2, 0) is 6.54 Å². The third-order valence-corrected chi connectivity index (χ3v) is 3.25. The number of fused-ring (bicyclic) bond motifs is 1. The monoisotopic (exact) mass is 236 g/mol. The van der Waals surface area contributed by atoms with E-state index in [2.05, 4.69) is 36.0 Å². The van der Waals surface area contributed by atoms with Gasteiger partial charge < -0.3 is 4.98 Å². The van der Waals surface area contributed by atoms with Crippen LogP contribution in [0.25, 0.3) is 10.9 Å². The SMILES string of the molecule is CCN(CC)Cc1c[nH]c2cc(Cl)ccc12. The van der Waals surface area contributed by atoms with Crippen molar-refractivity contribution in [3.05, 3.63) is 35.0 Å². The molecule has 2 rings (SSSR count). The molecule has 3 heteroatoms. The Bertz CT molecular complexity index is 472. The van der Waals surface area contributed by atoms with Crippen LogP contribution in [0.5, 0.6) is 0 Å². The fraction of sp³-hybridized carbons (Fsp3) is 0.385. The maximum atomic E-state index is 5.96. The summed E-state index contributed by atoms with van der Waals surface area (Å²) in [6.07, 6.45) is 2.08. The average molecular weight is 237 g/mol. The van der Waals surface area contributed by atoms with Crippen molar-refractivity contribution < 1.29 is 0 Å². The summed E-state index contributed by atoms with van der Waals surface area (Å²) in [4.78, 5) is 5.67. The molecule has 0 bridgehead atoms. The van der Waals surface area contributed by atoms with Crippen LogP contribution in [0.15, 0.2) is 24.4 Å². The number of benzene rings is 1. The minimum absolute atomic E-state index is 0.781. The molecule has 0 fully saturated rings. The molecular formula is C13H17ClN2. The zero-order valence-corrected chi connectivity index (χ0v) is 10.5. The highest BCUT2D eigenvalue weighted by Gasteiger charge is 2.07. The Labute approximate surface area is 101 Å². The molecule has 16 heavy (non-hydrogen) atoms. The van der Waals surface area contributed by atoms with E-state index in [4.69, 9.17) is 11.6 Å². The van der Waals surface area contributed by atoms with Gasteiger partial charge in [0.15, 0.2) is 0 Å². The van der Waals surface area contributed by atoms with Gasteiger partial charge >= 0.3 is 0 Å². The summed E-state index contributed by atoms with van der Waals surface area (Å²) in [5, 5.41) is 2.06. The van der Waals surface area contributed by atoms with Crippen LogP contribution >= 0.6 is 11.6 Å². The van der Waals surface area contributed by atoms with Crippen molar-refractivity contribution >= 4 is 22.5 Å². The molecule has 2 nitrogen and oxygen atoms in total. The van der Waals surface area contributed by atoms with Gasteiger partial charge in [-0.2, -0.15) is 0 Å². The summed E-state index contributed by atoms with van der Waals surface area (Å²) in [6, 6.07) is 6.01. The molecule has 1 heterocycles. The fourth-order valence-corrected chi connectivity index (χ4v) is 2.15. The van der Waals surface area contributed by atoms with E-state index in [0.29, 0.717) is 0 Å². The van der Waals surface area contributed by atoms with Crippen LogP contribution in [0.4, 0.5) is 0 Å². The summed E-state index contributed by atoms with van der Waals surface area (Å²) < 4.78 is 0. The topological polar surface area (TPSA) is 19.0 Å². The van der Waals surface area contributed by atoms with Crippen LogP contribution in [0.1, 0.15) is 19.4 Å². The molecule has 0 aliphatic carbocycles. The van der Waals surface area contributed by atoms with Crippen LogP contribution in [0.2, 0.25) is 5.02 Å². The summed E-state index contributed by atoms with van der Waals surface area (Å²) in [6.45, 7) is 7.53. The fourth-order valence-electron chi connectivity index (χ4n) is 1.98. The van der Waals surface area contributed by atoms with Crippen molar-refractivity contribution in [2.45, 2.75) is 20.4 Å². The molecule has 2 aromatic rings. The number of hydrogen-bond acceptors (Lipinski definition) is 1. The second-order valence-corrected chi connectivity index (χ2v) is 4.40. The largest absolute Gasteiger partial charge is 0.361 e. The Morgan fingerprint density at radius 3 is 2.69 bits per heavy atom. The molecule has 1 N–H and O–H groups in total. The lowest BCUT2D eigenvalue weighted by molar-refractivity contribution is 0.297. The number of aromatic amines is 1. The van der Waals surface area contributed by atoms with Gasteiger partial charge in [0.2, 0.25) is 0 Å². The van der Waals surface area contributed by atoms with Gasteiger partial charge in [0.25, 0.3) is 0 Å². The van der Waals surface area contributed by atoms with E-state index >= 15 is 0 Å². The number of nitrogens with zero attached hydrogens (tertiary/aromatic N) is 1. The zero-order valence-electron chi connectivity index (χ0n) is 9.76. The maximum absolute atomic E-state index is 5.96. The lowest BCUT2D eigenvalue weighted by Crippen LogP contribution is -2.21. The molecule has 0 unspecified atom stereocenters. The van der Waals surface area contributed by atoms with Gasteiger partial charge in [0.05, 0.1) is 0 Å². The first-order chi connectivity index (χ1) is 7.74. The molecule has 0 saturated carbocycles. The van der Waals surface area contributed by atoms with E-state index < -0.39 is 0 Å². The predicted octanol–water partition coefficient (Wildman–Crippen LogP) is 3.66. The normalized spacial score (nSPS) is 11.5. The summed E-state index contributed by atoms with van der Waals surface area (Å²) in [7, 11) is 0. The molecule has 0 aliphatic rings. The van der Waals surface area contributed by atoms with Crippen molar-refractivity contribution in [1.29, 1.82) is 0 Å². The molecule has 86 valence electrons. The van der Waals surface area contributed by atoms with Crippen molar-refractivity contribution in [3.63, 3.8) is 0 Å². The first-order valence-electron chi connectivity index (χ1n) is 5.72. The molecule has 0 spiro atoms. The highest BCUT2D eigenvalue weighted by atomic mass is 35.5. The smallest absolute Gasteiger partial charge is 0.0472 e. The molecule has 0 amide bonds. The maximum Gasteiger partial charge on any atom is 0.0472 e. The Kier molecular flexibility index (Phi) is 3.52. The third kappa shape index (κ3) is 2.23. The second kappa shape index (κ2) is 4.89. The number of rotatable bonds is 4. The first kappa shape index (κ1) is 11.5. The lowest BCUT2D eigenvalue weighted by Gasteiger charge is -2.17. The summed E-state index contributed by atoms with van der Waals surface area (Å²) in [5.41, 5.74) is 2.46. The van der Waals surface area contributed by atoms with Gasteiger partial charge in [-0.15, -0.1) is 0 Å². The van der Waals surface area contributed by atoms with Gasteiger partial charge in [0, 0.05) is 28.7 Å². The van der Waals surface area contributed by atoms with Crippen molar-refractivity contribution in [2.75, 3.05) is 13.1 Å². The standard InChI is InChI=1S/C13H17ClN2/c1-3-16(4-2)9-10-8-15-13-7-11(14)5-6-12(10)13/h5-8,15H,3-4,9H2,1-2H3. The van der Waals surface area contributed by atoms with Gasteiger partial charge in [-0.3, -0.25) is 4.90 Å². The summed E-state index contributed by atoms with van der Waals surface area (Å²) >= 11 is 5.96. The average Bonchev–Trinajstić information content (AvgIpc) is 2.68. The Hall–Kier alpha value is -0.990. The molecule has 1 aromatic heterocycles. The van der Waals surface area contributed by atoms with Crippen molar-refractivity contribution in [3.8, 4) is 0 Å². The molecule has 1 aromatic carbocycles. The minimum Gasteiger partial charge on any atom is -0.361 e. The molecule has 0 radical (unpaired) electrons. The van der Waals surface area contributed by atoms with Gasteiger partial charge in [0.1, 0.15) is 0 Å². The third-order valence-electron chi connectivity index (χ3n) is 3.02. The van der Waals surface area contributed by atoms with E-state index in [1.165, 1.54) is 10.9 Å². The Morgan fingerprint density at radius 1 is 1.25 bits per heavy atom. The molecular weight excluding hydrogens is 220 g/mol. The minimum atomic E-state index is 0.781. The van der Waals surface area contributed by atoms with Crippen molar-refractivity contribution in [2.24, 2.45) is 0 Å². The zero-order chi connectivity index (χ0) is 11.5. The highest BCUT2D eigenvalue weighted by Crippen LogP contribution is 2.22. The lowest BCUT2D eigenvalue weighted by atomic mass is 10.1. The van der Waals surface area contributed by atoms with Crippen LogP contribution in [-0.4, -0.2) is 23.0 Å². The molecule has 0 aliphatic heterocycles. The van der Waals surface area contributed by atoms with Crippen LogP contribution < -0.4 is 0 Å².